The van der Waals surface area contributed by atoms with Crippen molar-refractivity contribution in [3.05, 3.63) is 0 Å². The van der Waals surface area contributed by atoms with Crippen molar-refractivity contribution in [2.45, 2.75) is 19.9 Å². The zero-order chi connectivity index (χ0) is 11.8. The number of nitrogens with one attached hydrogen (secondary N) is 1. The Labute approximate surface area is 88.5 Å². The van der Waals surface area contributed by atoms with Crippen molar-refractivity contribution in [3.63, 3.8) is 0 Å². The fraction of sp³-hybridized carbons (Fsp3) is 0.667. The number of hydrogen-bond acceptors (Lipinski definition) is 4. The SMILES string of the molecule is CC(C)N(CC(=O)O)CC(=O)NCC#N. The van der Waals surface area contributed by atoms with E-state index in [-0.39, 0.29) is 31.6 Å². The van der Waals surface area contributed by atoms with Crippen molar-refractivity contribution in [2.24, 2.45) is 0 Å². The smallest absolute Gasteiger partial charge is 0.317 e. The fourth-order valence-electron chi connectivity index (χ4n) is 0.973. The first-order valence-electron chi connectivity index (χ1n) is 4.57. The van der Waals surface area contributed by atoms with Gasteiger partial charge in [0.05, 0.1) is 19.2 Å². The van der Waals surface area contributed by atoms with Gasteiger partial charge in [-0.05, 0) is 13.8 Å². The van der Waals surface area contributed by atoms with Crippen LogP contribution >= 0.6 is 0 Å². The van der Waals surface area contributed by atoms with Crippen LogP contribution in [0.4, 0.5) is 0 Å². The fourth-order valence-corrected chi connectivity index (χ4v) is 0.973. The van der Waals surface area contributed by atoms with E-state index < -0.39 is 5.97 Å². The molecule has 0 heterocycles. The Kier molecular flexibility index (Phi) is 6.06. The molecular weight excluding hydrogens is 198 g/mol. The number of nitriles is 1. The second kappa shape index (κ2) is 6.79. The van der Waals surface area contributed by atoms with Gasteiger partial charge in [-0.25, -0.2) is 0 Å². The molecule has 0 rings (SSSR count). The number of carboxylic acid groups (broad SMARTS) is 1. The van der Waals surface area contributed by atoms with Crippen LogP contribution in [0.15, 0.2) is 0 Å². The number of amides is 1. The van der Waals surface area contributed by atoms with E-state index in [4.69, 9.17) is 10.4 Å². The molecular formula is C9H15N3O3. The second-order valence-electron chi connectivity index (χ2n) is 3.33. The molecule has 0 saturated carbocycles. The summed E-state index contributed by atoms with van der Waals surface area (Å²) >= 11 is 0. The molecule has 6 heteroatoms. The Morgan fingerprint density at radius 2 is 2.07 bits per heavy atom. The van der Waals surface area contributed by atoms with E-state index in [0.29, 0.717) is 0 Å². The second-order valence-corrected chi connectivity index (χ2v) is 3.33. The molecule has 0 unspecified atom stereocenters. The summed E-state index contributed by atoms with van der Waals surface area (Å²) in [6.07, 6.45) is 0. The van der Waals surface area contributed by atoms with Crippen LogP contribution in [0.5, 0.6) is 0 Å². The number of rotatable bonds is 6. The zero-order valence-electron chi connectivity index (χ0n) is 8.86. The van der Waals surface area contributed by atoms with E-state index in [1.54, 1.807) is 19.9 Å². The van der Waals surface area contributed by atoms with Crippen LogP contribution in [0.25, 0.3) is 0 Å². The predicted molar refractivity (Wildman–Crippen MR) is 53.0 cm³/mol. The van der Waals surface area contributed by atoms with E-state index in [9.17, 15) is 9.59 Å². The summed E-state index contributed by atoms with van der Waals surface area (Å²) in [5.74, 6) is -1.32. The molecule has 0 radical (unpaired) electrons. The molecule has 0 saturated heterocycles. The quantitative estimate of drug-likeness (QED) is 0.576. The Morgan fingerprint density at radius 3 is 2.47 bits per heavy atom. The lowest BCUT2D eigenvalue weighted by molar-refractivity contribution is -0.139. The van der Waals surface area contributed by atoms with Gasteiger partial charge in [0, 0.05) is 6.04 Å². The summed E-state index contributed by atoms with van der Waals surface area (Å²) in [5.41, 5.74) is 0. The van der Waals surface area contributed by atoms with Gasteiger partial charge in [-0.1, -0.05) is 0 Å². The van der Waals surface area contributed by atoms with Gasteiger partial charge in [-0.15, -0.1) is 0 Å². The summed E-state index contributed by atoms with van der Waals surface area (Å²) in [6.45, 7) is 3.36. The third kappa shape index (κ3) is 6.46. The van der Waals surface area contributed by atoms with Crippen LogP contribution < -0.4 is 5.32 Å². The standard InChI is InChI=1S/C9H15N3O3/c1-7(2)12(6-9(14)15)5-8(13)11-4-3-10/h7H,4-6H2,1-2H3,(H,11,13)(H,14,15). The monoisotopic (exact) mass is 213 g/mol. The highest BCUT2D eigenvalue weighted by Crippen LogP contribution is 1.96. The van der Waals surface area contributed by atoms with Crippen molar-refractivity contribution in [1.29, 1.82) is 5.26 Å². The highest BCUT2D eigenvalue weighted by Gasteiger charge is 2.16. The Hall–Kier alpha value is -1.61. The average molecular weight is 213 g/mol. The van der Waals surface area contributed by atoms with E-state index in [1.807, 2.05) is 0 Å². The first-order valence-corrected chi connectivity index (χ1v) is 4.57. The van der Waals surface area contributed by atoms with E-state index in [0.717, 1.165) is 0 Å². The van der Waals surface area contributed by atoms with E-state index in [1.165, 1.54) is 4.90 Å². The number of nitrogens with zero attached hydrogens (tertiary/aromatic N) is 2. The van der Waals surface area contributed by atoms with Crippen LogP contribution in [-0.2, 0) is 9.59 Å². The number of carbonyl (C=O) groups is 2. The minimum absolute atomic E-state index is 0.00829. The third-order valence-corrected chi connectivity index (χ3v) is 1.78. The maximum atomic E-state index is 11.2. The molecule has 84 valence electrons. The van der Waals surface area contributed by atoms with Gasteiger partial charge in [0.25, 0.3) is 0 Å². The topological polar surface area (TPSA) is 93.4 Å². The summed E-state index contributed by atoms with van der Waals surface area (Å²) in [4.78, 5) is 23.2. The first kappa shape index (κ1) is 13.4. The molecule has 0 spiro atoms. The van der Waals surface area contributed by atoms with E-state index in [2.05, 4.69) is 5.32 Å². The molecule has 0 aliphatic carbocycles. The molecule has 1 amide bonds. The molecule has 0 bridgehead atoms. The molecule has 15 heavy (non-hydrogen) atoms. The lowest BCUT2D eigenvalue weighted by atomic mass is 10.3. The van der Waals surface area contributed by atoms with Gasteiger partial charge in [0.15, 0.2) is 0 Å². The molecule has 0 atom stereocenters. The molecule has 6 nitrogen and oxygen atoms in total. The van der Waals surface area contributed by atoms with Gasteiger partial charge in [-0.2, -0.15) is 5.26 Å². The van der Waals surface area contributed by atoms with Gasteiger partial charge >= 0.3 is 5.97 Å². The summed E-state index contributed by atoms with van der Waals surface area (Å²) in [5, 5.41) is 19.2. The molecule has 0 aromatic carbocycles. The minimum Gasteiger partial charge on any atom is -0.480 e. The van der Waals surface area contributed by atoms with Gasteiger partial charge in [-0.3, -0.25) is 14.5 Å². The van der Waals surface area contributed by atoms with Crippen molar-refractivity contribution in [1.82, 2.24) is 10.2 Å². The summed E-state index contributed by atoms with van der Waals surface area (Å²) in [7, 11) is 0. The molecule has 0 aromatic rings. The maximum absolute atomic E-state index is 11.2. The van der Waals surface area contributed by atoms with Gasteiger partial charge in [0.2, 0.25) is 5.91 Å². The maximum Gasteiger partial charge on any atom is 0.317 e. The Balaban J connectivity index is 4.11. The molecule has 2 N–H and O–H groups in total. The van der Waals surface area contributed by atoms with Crippen LogP contribution in [-0.4, -0.2) is 47.6 Å². The van der Waals surface area contributed by atoms with Crippen molar-refractivity contribution in [3.8, 4) is 6.07 Å². The normalized spacial score (nSPS) is 10.1. The van der Waals surface area contributed by atoms with Crippen molar-refractivity contribution < 1.29 is 14.7 Å². The van der Waals surface area contributed by atoms with Crippen molar-refractivity contribution in [2.75, 3.05) is 19.6 Å². The summed E-state index contributed by atoms with van der Waals surface area (Å²) < 4.78 is 0. The number of carbonyl (C=O) groups excluding carboxylic acids is 1. The molecule has 0 aliphatic rings. The minimum atomic E-state index is -0.975. The number of aliphatic carboxylic acids is 1. The molecule has 0 aliphatic heterocycles. The van der Waals surface area contributed by atoms with Crippen LogP contribution in [0.3, 0.4) is 0 Å². The number of carboxylic acids is 1. The Bertz CT molecular complexity index is 270. The average Bonchev–Trinajstić information content (AvgIpc) is 2.12. The zero-order valence-corrected chi connectivity index (χ0v) is 8.86. The van der Waals surface area contributed by atoms with E-state index >= 15 is 0 Å². The van der Waals surface area contributed by atoms with Crippen LogP contribution in [0, 0.1) is 11.3 Å². The highest BCUT2D eigenvalue weighted by atomic mass is 16.4. The lowest BCUT2D eigenvalue weighted by Crippen LogP contribution is -2.43. The largest absolute Gasteiger partial charge is 0.480 e. The lowest BCUT2D eigenvalue weighted by Gasteiger charge is -2.23. The summed E-state index contributed by atoms with van der Waals surface area (Å²) in [6, 6.07) is 1.74. The molecule has 0 aromatic heterocycles. The highest BCUT2D eigenvalue weighted by molar-refractivity contribution is 5.79. The third-order valence-electron chi connectivity index (χ3n) is 1.78. The Morgan fingerprint density at radius 1 is 1.47 bits per heavy atom. The van der Waals surface area contributed by atoms with Crippen molar-refractivity contribution >= 4 is 11.9 Å². The van der Waals surface area contributed by atoms with Gasteiger partial charge in [0.1, 0.15) is 6.54 Å². The van der Waals surface area contributed by atoms with Crippen LogP contribution in [0.2, 0.25) is 0 Å². The first-order chi connectivity index (χ1) is 6.97. The van der Waals surface area contributed by atoms with Gasteiger partial charge < -0.3 is 10.4 Å². The predicted octanol–water partition coefficient (Wildman–Crippen LogP) is -0.579. The van der Waals surface area contributed by atoms with Crippen LogP contribution in [0.1, 0.15) is 13.8 Å². The molecule has 0 fully saturated rings. The number of hydrogen-bond donors (Lipinski definition) is 2.